The molecule has 3 unspecified atom stereocenters. The number of nitriles is 2. The summed E-state index contributed by atoms with van der Waals surface area (Å²) >= 11 is 0. The van der Waals surface area contributed by atoms with E-state index in [1.807, 2.05) is 0 Å². The van der Waals surface area contributed by atoms with Crippen LogP contribution in [-0.4, -0.2) is 47.3 Å². The zero-order valence-corrected chi connectivity index (χ0v) is 15.7. The van der Waals surface area contributed by atoms with Crippen LogP contribution in [0.15, 0.2) is 17.1 Å². The molecule has 3 atom stereocenters. The van der Waals surface area contributed by atoms with Crippen LogP contribution in [0.25, 0.3) is 0 Å². The number of methoxy groups -OCH3 is 5. The van der Waals surface area contributed by atoms with Gasteiger partial charge in [0.25, 0.3) is 5.91 Å². The highest BCUT2D eigenvalue weighted by atomic mass is 16.7. The predicted molar refractivity (Wildman–Crippen MR) is 93.3 cm³/mol. The second-order valence-corrected chi connectivity index (χ2v) is 6.21. The molecule has 0 radical (unpaired) electrons. The summed E-state index contributed by atoms with van der Waals surface area (Å²) in [6.45, 7) is 0. The van der Waals surface area contributed by atoms with Crippen molar-refractivity contribution in [3.8, 4) is 29.4 Å². The van der Waals surface area contributed by atoms with Crippen LogP contribution in [0.5, 0.6) is 17.2 Å². The number of nitrogens with two attached hydrogens (primary N) is 1. The Hall–Kier alpha value is -3.01. The SMILES string of the molecule is COc1cc(OC)c(C2C3(C#N)C(N)=NC(OC)(OC)C23C#N)cc1OC. The minimum Gasteiger partial charge on any atom is -0.496 e. The Morgan fingerprint density at radius 3 is 1.93 bits per heavy atom. The zero-order valence-electron chi connectivity index (χ0n) is 15.7. The monoisotopic (exact) mass is 372 g/mol. The van der Waals surface area contributed by atoms with E-state index in [1.165, 1.54) is 35.5 Å². The molecule has 142 valence electrons. The van der Waals surface area contributed by atoms with Gasteiger partial charge in [0.2, 0.25) is 0 Å². The van der Waals surface area contributed by atoms with Crippen LogP contribution in [0.4, 0.5) is 0 Å². The van der Waals surface area contributed by atoms with E-state index in [9.17, 15) is 10.5 Å². The minimum absolute atomic E-state index is 0.0166. The molecule has 0 amide bonds. The number of benzene rings is 1. The molecule has 0 aromatic heterocycles. The lowest BCUT2D eigenvalue weighted by molar-refractivity contribution is -0.230. The number of amidine groups is 1. The average molecular weight is 372 g/mol. The largest absolute Gasteiger partial charge is 0.496 e. The lowest BCUT2D eigenvalue weighted by Crippen LogP contribution is -2.41. The Balaban J connectivity index is 2.30. The summed E-state index contributed by atoms with van der Waals surface area (Å²) in [5.74, 6) is -1.12. The van der Waals surface area contributed by atoms with Gasteiger partial charge in [-0.1, -0.05) is 0 Å². The highest BCUT2D eigenvalue weighted by molar-refractivity contribution is 6.00. The van der Waals surface area contributed by atoms with Crippen molar-refractivity contribution < 1.29 is 23.7 Å². The summed E-state index contributed by atoms with van der Waals surface area (Å²) in [6, 6.07) is 7.68. The maximum atomic E-state index is 10.1. The molecule has 1 aromatic rings. The third-order valence-electron chi connectivity index (χ3n) is 5.53. The van der Waals surface area contributed by atoms with Crippen molar-refractivity contribution in [2.24, 2.45) is 21.6 Å². The fourth-order valence-electron chi connectivity index (χ4n) is 4.27. The fraction of sp³-hybridized carbons (Fsp3) is 0.500. The van der Waals surface area contributed by atoms with Crippen LogP contribution in [0, 0.1) is 33.5 Å². The van der Waals surface area contributed by atoms with E-state index in [0.717, 1.165) is 0 Å². The van der Waals surface area contributed by atoms with Crippen molar-refractivity contribution in [1.82, 2.24) is 0 Å². The zero-order chi connectivity index (χ0) is 20.0. The van der Waals surface area contributed by atoms with Gasteiger partial charge < -0.3 is 29.4 Å². The fourth-order valence-corrected chi connectivity index (χ4v) is 4.27. The molecule has 0 saturated heterocycles. The lowest BCUT2D eigenvalue weighted by Gasteiger charge is -2.29. The smallest absolute Gasteiger partial charge is 0.292 e. The molecule has 1 aromatic carbocycles. The van der Waals surface area contributed by atoms with Gasteiger partial charge in [-0.2, -0.15) is 10.5 Å². The second kappa shape index (κ2) is 6.02. The molecule has 9 heteroatoms. The molecule has 9 nitrogen and oxygen atoms in total. The van der Waals surface area contributed by atoms with Gasteiger partial charge in [-0.05, 0) is 6.07 Å². The summed E-state index contributed by atoms with van der Waals surface area (Å²) in [4.78, 5) is 4.19. The van der Waals surface area contributed by atoms with Gasteiger partial charge in [0, 0.05) is 31.8 Å². The number of ether oxygens (including phenoxy) is 5. The summed E-state index contributed by atoms with van der Waals surface area (Å²) in [6.07, 6.45) is 0. The predicted octanol–water partition coefficient (Wildman–Crippen LogP) is 1.15. The van der Waals surface area contributed by atoms with Crippen molar-refractivity contribution >= 4 is 5.84 Å². The number of nitrogens with zero attached hydrogens (tertiary/aromatic N) is 3. The highest BCUT2D eigenvalue weighted by Crippen LogP contribution is 2.82. The van der Waals surface area contributed by atoms with Gasteiger partial charge in [0.1, 0.15) is 17.0 Å². The van der Waals surface area contributed by atoms with Crippen molar-refractivity contribution in [3.05, 3.63) is 17.7 Å². The van der Waals surface area contributed by atoms with Crippen LogP contribution in [0.1, 0.15) is 11.5 Å². The van der Waals surface area contributed by atoms with E-state index in [0.29, 0.717) is 22.8 Å². The maximum absolute atomic E-state index is 10.1. The molecule has 1 heterocycles. The van der Waals surface area contributed by atoms with E-state index in [-0.39, 0.29) is 5.84 Å². The first kappa shape index (κ1) is 18.8. The molecule has 1 saturated carbocycles. The van der Waals surface area contributed by atoms with Crippen molar-refractivity contribution in [2.75, 3.05) is 35.5 Å². The first-order valence-electron chi connectivity index (χ1n) is 8.02. The quantitative estimate of drug-likeness (QED) is 0.735. The molecule has 0 spiro atoms. The van der Waals surface area contributed by atoms with Crippen molar-refractivity contribution in [3.63, 3.8) is 0 Å². The van der Waals surface area contributed by atoms with Gasteiger partial charge in [-0.25, -0.2) is 4.99 Å². The van der Waals surface area contributed by atoms with Gasteiger partial charge >= 0.3 is 0 Å². The molecule has 2 aliphatic rings. The van der Waals surface area contributed by atoms with Crippen LogP contribution in [-0.2, 0) is 9.47 Å². The van der Waals surface area contributed by atoms with Gasteiger partial charge in [0.05, 0.1) is 33.5 Å². The normalized spacial score (nSPS) is 29.7. The van der Waals surface area contributed by atoms with Gasteiger partial charge in [0.15, 0.2) is 16.9 Å². The molecule has 1 aliphatic heterocycles. The Labute approximate surface area is 156 Å². The number of rotatable bonds is 6. The summed E-state index contributed by atoms with van der Waals surface area (Å²) < 4.78 is 27.1. The number of fused-ring (bicyclic) bond motifs is 1. The van der Waals surface area contributed by atoms with E-state index in [4.69, 9.17) is 29.4 Å². The number of aliphatic imine (C=N–C) groups is 1. The lowest BCUT2D eigenvalue weighted by atomic mass is 9.93. The number of hydrogen-bond donors (Lipinski definition) is 1. The molecule has 1 fully saturated rings. The van der Waals surface area contributed by atoms with Gasteiger partial charge in [-0.3, -0.25) is 0 Å². The van der Waals surface area contributed by atoms with Crippen molar-refractivity contribution in [1.29, 1.82) is 10.5 Å². The van der Waals surface area contributed by atoms with E-state index >= 15 is 0 Å². The van der Waals surface area contributed by atoms with Crippen LogP contribution in [0.2, 0.25) is 0 Å². The molecule has 0 bridgehead atoms. The molecule has 3 rings (SSSR count). The first-order chi connectivity index (χ1) is 12.9. The Morgan fingerprint density at radius 2 is 1.48 bits per heavy atom. The molecular weight excluding hydrogens is 352 g/mol. The summed E-state index contributed by atoms with van der Waals surface area (Å²) in [5.41, 5.74) is 3.78. The standard InChI is InChI=1S/C18H20N4O5/c1-23-11-7-13(25-3)12(24-2)6-10(11)14-16(8-19)15(21)22-18(26-4,27-5)17(14,16)9-20/h6-7,14H,1-5H3,(H2,21,22). The molecule has 27 heavy (non-hydrogen) atoms. The minimum atomic E-state index is -1.70. The van der Waals surface area contributed by atoms with Gasteiger partial charge in [-0.15, -0.1) is 0 Å². The van der Waals surface area contributed by atoms with E-state index < -0.39 is 22.7 Å². The van der Waals surface area contributed by atoms with Crippen LogP contribution >= 0.6 is 0 Å². The second-order valence-electron chi connectivity index (χ2n) is 6.21. The average Bonchev–Trinajstić information content (AvgIpc) is 3.28. The molecule has 1 aliphatic carbocycles. The Bertz CT molecular complexity index is 898. The summed E-state index contributed by atoms with van der Waals surface area (Å²) in [5, 5.41) is 20.1. The molecule has 2 N–H and O–H groups in total. The first-order valence-corrected chi connectivity index (χ1v) is 8.02. The third kappa shape index (κ3) is 1.85. The summed E-state index contributed by atoms with van der Waals surface area (Å²) in [7, 11) is 7.19. The van der Waals surface area contributed by atoms with Crippen LogP contribution in [0.3, 0.4) is 0 Å². The topological polar surface area (TPSA) is 132 Å². The maximum Gasteiger partial charge on any atom is 0.292 e. The Morgan fingerprint density at radius 1 is 0.926 bits per heavy atom. The van der Waals surface area contributed by atoms with E-state index in [2.05, 4.69) is 17.1 Å². The Kier molecular flexibility index (Phi) is 4.18. The van der Waals surface area contributed by atoms with Crippen molar-refractivity contribution in [2.45, 2.75) is 11.8 Å². The third-order valence-corrected chi connectivity index (χ3v) is 5.53. The number of hydrogen-bond acceptors (Lipinski definition) is 9. The highest BCUT2D eigenvalue weighted by Gasteiger charge is 2.94. The molecular formula is C18H20N4O5. The van der Waals surface area contributed by atoms with E-state index in [1.54, 1.807) is 12.1 Å². The van der Waals surface area contributed by atoms with Crippen LogP contribution < -0.4 is 19.9 Å².